The molecule has 0 aromatic heterocycles. The van der Waals surface area contributed by atoms with Gasteiger partial charge in [0.25, 0.3) is 0 Å². The van der Waals surface area contributed by atoms with Crippen LogP contribution in [-0.4, -0.2) is 59.5 Å². The normalized spacial score (nSPS) is 10.7. The number of methoxy groups -OCH3 is 4. The lowest BCUT2D eigenvalue weighted by atomic mass is 9.99. The van der Waals surface area contributed by atoms with Crippen LogP contribution in [0.25, 0.3) is 0 Å². The topological polar surface area (TPSA) is 66.2 Å². The lowest BCUT2D eigenvalue weighted by molar-refractivity contribution is 0.286. The van der Waals surface area contributed by atoms with Crippen LogP contribution in [0.2, 0.25) is 0 Å². The zero-order chi connectivity index (χ0) is 26.3. The minimum Gasteiger partial charge on any atom is -0.493 e. The van der Waals surface area contributed by atoms with Crippen molar-refractivity contribution in [2.24, 2.45) is 5.73 Å². The van der Waals surface area contributed by atoms with E-state index in [1.807, 2.05) is 12.1 Å². The van der Waals surface area contributed by atoms with Crippen molar-refractivity contribution in [3.63, 3.8) is 0 Å². The van der Waals surface area contributed by atoms with Gasteiger partial charge >= 0.3 is 0 Å². The van der Waals surface area contributed by atoms with Crippen LogP contribution in [0.3, 0.4) is 0 Å². The molecule has 198 valence electrons. The molecule has 6 nitrogen and oxygen atoms in total. The standard InChI is InChI=1S/C30H44N2O4/c1-7-25-23(13-15-27(33-3)29(25)35-5)17-21-32(20-12-10-9-11-19-31)22-18-24-14-16-28(34-4)30(36-6)26(24)8-2/h13-16H,7-8,11-12,17-22,31H2,1-6H3. The van der Waals surface area contributed by atoms with Gasteiger partial charge in [-0.25, -0.2) is 0 Å². The minimum atomic E-state index is 0.606. The maximum absolute atomic E-state index is 5.69. The average Bonchev–Trinajstić information content (AvgIpc) is 2.92. The summed E-state index contributed by atoms with van der Waals surface area (Å²) in [5, 5.41) is 0. The number of hydrogen-bond acceptors (Lipinski definition) is 6. The van der Waals surface area contributed by atoms with Crippen molar-refractivity contribution in [2.75, 3.05) is 54.6 Å². The maximum Gasteiger partial charge on any atom is 0.164 e. The quantitative estimate of drug-likeness (QED) is 0.361. The SMILES string of the molecule is CCc1c(CCN(CCC#CCCN)CCc2ccc(OC)c(OC)c2CC)ccc(OC)c1OC. The molecule has 0 bridgehead atoms. The zero-order valence-corrected chi connectivity index (χ0v) is 23.0. The first-order chi connectivity index (χ1) is 17.6. The van der Waals surface area contributed by atoms with Gasteiger partial charge in [0.15, 0.2) is 23.0 Å². The Balaban J connectivity index is 2.21. The number of hydrogen-bond donors (Lipinski definition) is 1. The molecule has 0 amide bonds. The Morgan fingerprint density at radius 1 is 0.667 bits per heavy atom. The Bertz CT molecular complexity index is 943. The molecule has 0 radical (unpaired) electrons. The minimum absolute atomic E-state index is 0.606. The molecule has 2 aromatic carbocycles. The van der Waals surface area contributed by atoms with E-state index in [1.54, 1.807) is 28.4 Å². The molecular weight excluding hydrogens is 452 g/mol. The lowest BCUT2D eigenvalue weighted by Gasteiger charge is -2.24. The van der Waals surface area contributed by atoms with Gasteiger partial charge < -0.3 is 29.6 Å². The molecule has 0 heterocycles. The van der Waals surface area contributed by atoms with E-state index in [0.29, 0.717) is 6.54 Å². The second kappa shape index (κ2) is 16.0. The first-order valence-electron chi connectivity index (χ1n) is 12.9. The van der Waals surface area contributed by atoms with Gasteiger partial charge in [0.05, 0.1) is 28.4 Å². The molecule has 6 heteroatoms. The largest absolute Gasteiger partial charge is 0.493 e. The van der Waals surface area contributed by atoms with E-state index >= 15 is 0 Å². The fraction of sp³-hybridized carbons (Fsp3) is 0.533. The fourth-order valence-corrected chi connectivity index (χ4v) is 4.66. The van der Waals surface area contributed by atoms with Gasteiger partial charge in [0.2, 0.25) is 0 Å². The Morgan fingerprint density at radius 3 is 1.53 bits per heavy atom. The highest BCUT2D eigenvalue weighted by molar-refractivity contribution is 5.52. The number of rotatable bonds is 15. The van der Waals surface area contributed by atoms with Crippen molar-refractivity contribution < 1.29 is 18.9 Å². The number of nitrogens with zero attached hydrogens (tertiary/aromatic N) is 1. The molecule has 2 rings (SSSR count). The van der Waals surface area contributed by atoms with E-state index in [2.05, 4.69) is 42.7 Å². The van der Waals surface area contributed by atoms with Gasteiger partial charge in [-0.2, -0.15) is 0 Å². The summed E-state index contributed by atoms with van der Waals surface area (Å²) < 4.78 is 22.4. The summed E-state index contributed by atoms with van der Waals surface area (Å²) in [6, 6.07) is 8.35. The molecule has 0 atom stereocenters. The zero-order valence-electron chi connectivity index (χ0n) is 23.0. The third kappa shape index (κ3) is 7.81. The first-order valence-corrected chi connectivity index (χ1v) is 12.9. The number of benzene rings is 2. The van der Waals surface area contributed by atoms with Crippen LogP contribution in [-0.2, 0) is 25.7 Å². The van der Waals surface area contributed by atoms with Gasteiger partial charge in [0, 0.05) is 50.1 Å². The summed E-state index contributed by atoms with van der Waals surface area (Å²) in [6.45, 7) is 7.73. The molecule has 0 saturated heterocycles. The smallest absolute Gasteiger partial charge is 0.164 e. The van der Waals surface area contributed by atoms with Crippen molar-refractivity contribution in [1.29, 1.82) is 0 Å². The van der Waals surface area contributed by atoms with Gasteiger partial charge in [0.1, 0.15) is 0 Å². The third-order valence-corrected chi connectivity index (χ3v) is 6.54. The van der Waals surface area contributed by atoms with E-state index in [9.17, 15) is 0 Å². The predicted molar refractivity (Wildman–Crippen MR) is 148 cm³/mol. The van der Waals surface area contributed by atoms with E-state index in [0.717, 1.165) is 81.2 Å². The molecule has 0 aliphatic rings. The van der Waals surface area contributed by atoms with Crippen LogP contribution in [0.4, 0.5) is 0 Å². The Hall–Kier alpha value is -2.88. The molecule has 36 heavy (non-hydrogen) atoms. The number of ether oxygens (including phenoxy) is 4. The van der Waals surface area contributed by atoms with E-state index in [1.165, 1.54) is 22.3 Å². The van der Waals surface area contributed by atoms with Crippen LogP contribution < -0.4 is 24.7 Å². The van der Waals surface area contributed by atoms with Crippen LogP contribution in [0.5, 0.6) is 23.0 Å². The predicted octanol–water partition coefficient (Wildman–Crippen LogP) is 4.68. The fourth-order valence-electron chi connectivity index (χ4n) is 4.66. The molecule has 0 unspecified atom stereocenters. The number of nitrogens with two attached hydrogens (primary N) is 1. The van der Waals surface area contributed by atoms with Gasteiger partial charge in [-0.1, -0.05) is 26.0 Å². The molecule has 0 saturated carbocycles. The highest BCUT2D eigenvalue weighted by Gasteiger charge is 2.17. The summed E-state index contributed by atoms with van der Waals surface area (Å²) in [5.41, 5.74) is 10.6. The Labute approximate surface area is 218 Å². The third-order valence-electron chi connectivity index (χ3n) is 6.54. The van der Waals surface area contributed by atoms with Gasteiger partial charge in [-0.05, 0) is 48.9 Å². The van der Waals surface area contributed by atoms with Crippen molar-refractivity contribution in [3.05, 3.63) is 46.5 Å². The van der Waals surface area contributed by atoms with Crippen molar-refractivity contribution in [3.8, 4) is 34.8 Å². The Kier molecular flexibility index (Phi) is 13.0. The van der Waals surface area contributed by atoms with Crippen LogP contribution >= 0.6 is 0 Å². The molecular formula is C30H44N2O4. The van der Waals surface area contributed by atoms with E-state index < -0.39 is 0 Å². The molecule has 0 spiro atoms. The van der Waals surface area contributed by atoms with Crippen LogP contribution in [0.15, 0.2) is 24.3 Å². The summed E-state index contributed by atoms with van der Waals surface area (Å²) >= 11 is 0. The summed E-state index contributed by atoms with van der Waals surface area (Å²) in [7, 11) is 6.79. The maximum atomic E-state index is 5.69. The highest BCUT2D eigenvalue weighted by atomic mass is 16.5. The van der Waals surface area contributed by atoms with Crippen LogP contribution in [0.1, 0.15) is 48.9 Å². The van der Waals surface area contributed by atoms with Crippen molar-refractivity contribution in [2.45, 2.75) is 52.4 Å². The summed E-state index contributed by atoms with van der Waals surface area (Å²) in [6.07, 6.45) is 5.24. The lowest BCUT2D eigenvalue weighted by Crippen LogP contribution is -2.30. The Morgan fingerprint density at radius 2 is 1.14 bits per heavy atom. The average molecular weight is 497 g/mol. The van der Waals surface area contributed by atoms with Crippen LogP contribution in [0, 0.1) is 11.8 Å². The second-order valence-corrected chi connectivity index (χ2v) is 8.57. The monoisotopic (exact) mass is 496 g/mol. The van der Waals surface area contributed by atoms with Crippen molar-refractivity contribution >= 4 is 0 Å². The molecule has 2 aromatic rings. The van der Waals surface area contributed by atoms with E-state index in [-0.39, 0.29) is 0 Å². The summed E-state index contributed by atoms with van der Waals surface area (Å²) in [4.78, 5) is 2.50. The van der Waals surface area contributed by atoms with Crippen molar-refractivity contribution in [1.82, 2.24) is 4.90 Å². The molecule has 0 aliphatic heterocycles. The summed E-state index contributed by atoms with van der Waals surface area (Å²) in [5.74, 6) is 9.70. The van der Waals surface area contributed by atoms with E-state index in [4.69, 9.17) is 24.7 Å². The molecule has 2 N–H and O–H groups in total. The highest BCUT2D eigenvalue weighted by Crippen LogP contribution is 2.35. The van der Waals surface area contributed by atoms with Gasteiger partial charge in [-0.15, -0.1) is 11.8 Å². The molecule has 0 fully saturated rings. The molecule has 0 aliphatic carbocycles. The first kappa shape index (κ1) is 29.4. The second-order valence-electron chi connectivity index (χ2n) is 8.57. The van der Waals surface area contributed by atoms with Gasteiger partial charge in [-0.3, -0.25) is 0 Å².